The number of nitrogens with one attached hydrogen (secondary N) is 1. The summed E-state index contributed by atoms with van der Waals surface area (Å²) in [6, 6.07) is 5.81. The lowest BCUT2D eigenvalue weighted by molar-refractivity contribution is -0.137. The molecule has 0 fully saturated rings. The van der Waals surface area contributed by atoms with E-state index < -0.39 is 5.97 Å². The quantitative estimate of drug-likeness (QED) is 0.835. The molecule has 1 amide bonds. The Hall–Kier alpha value is -1.84. The summed E-state index contributed by atoms with van der Waals surface area (Å²) in [4.78, 5) is 21.7. The summed E-state index contributed by atoms with van der Waals surface area (Å²) in [5.41, 5.74) is 3.20. The zero-order valence-corrected chi connectivity index (χ0v) is 9.53. The first kappa shape index (κ1) is 11.6. The van der Waals surface area contributed by atoms with E-state index in [2.05, 4.69) is 5.32 Å². The van der Waals surface area contributed by atoms with Crippen LogP contribution in [0, 0.1) is 0 Å². The largest absolute Gasteiger partial charge is 0.481 e. The molecule has 2 rings (SSSR count). The number of anilines is 1. The molecule has 0 bridgehead atoms. The number of carboxylic acid groups (broad SMARTS) is 1. The van der Waals surface area contributed by atoms with Crippen LogP contribution in [0.5, 0.6) is 0 Å². The minimum atomic E-state index is -0.761. The van der Waals surface area contributed by atoms with Crippen molar-refractivity contribution in [1.29, 1.82) is 0 Å². The molecule has 17 heavy (non-hydrogen) atoms. The van der Waals surface area contributed by atoms with Gasteiger partial charge in [-0.25, -0.2) is 0 Å². The Kier molecular flexibility index (Phi) is 3.42. The molecule has 0 unspecified atom stereocenters. The Morgan fingerprint density at radius 1 is 1.35 bits per heavy atom. The lowest BCUT2D eigenvalue weighted by Gasteiger charge is -2.19. The van der Waals surface area contributed by atoms with Gasteiger partial charge in [0.15, 0.2) is 0 Å². The van der Waals surface area contributed by atoms with Gasteiger partial charge in [0, 0.05) is 18.5 Å². The van der Waals surface area contributed by atoms with Crippen LogP contribution in [0.4, 0.5) is 5.69 Å². The fraction of sp³-hybridized carbons (Fsp3) is 0.385. The summed E-state index contributed by atoms with van der Waals surface area (Å²) in [5, 5.41) is 11.5. The fourth-order valence-electron chi connectivity index (χ4n) is 2.16. The number of aryl methyl sites for hydroxylation is 1. The summed E-state index contributed by atoms with van der Waals surface area (Å²) in [6.45, 7) is 0. The van der Waals surface area contributed by atoms with E-state index in [1.807, 2.05) is 18.2 Å². The number of rotatable bonds is 4. The third-order valence-corrected chi connectivity index (χ3v) is 2.99. The van der Waals surface area contributed by atoms with Crippen LogP contribution in [-0.4, -0.2) is 17.0 Å². The first-order chi connectivity index (χ1) is 8.16. The van der Waals surface area contributed by atoms with E-state index in [1.54, 1.807) is 0 Å². The zero-order chi connectivity index (χ0) is 12.3. The second-order valence-corrected chi connectivity index (χ2v) is 4.24. The van der Waals surface area contributed by atoms with Crippen LogP contribution in [0.25, 0.3) is 0 Å². The van der Waals surface area contributed by atoms with Gasteiger partial charge in [-0.3, -0.25) is 9.59 Å². The van der Waals surface area contributed by atoms with Crippen LogP contribution < -0.4 is 5.32 Å². The average molecular weight is 233 g/mol. The van der Waals surface area contributed by atoms with Crippen molar-refractivity contribution in [3.63, 3.8) is 0 Å². The minimum absolute atomic E-state index is 0.0557. The van der Waals surface area contributed by atoms with Gasteiger partial charge in [-0.1, -0.05) is 12.1 Å². The molecular formula is C13H15NO3. The maximum Gasteiger partial charge on any atom is 0.303 e. The molecule has 0 aromatic heterocycles. The lowest BCUT2D eigenvalue weighted by Crippen LogP contribution is -2.20. The maximum atomic E-state index is 11.3. The maximum absolute atomic E-state index is 11.3. The Labute approximate surface area is 99.6 Å². The predicted molar refractivity (Wildman–Crippen MR) is 64.0 cm³/mol. The van der Waals surface area contributed by atoms with E-state index in [9.17, 15) is 9.59 Å². The first-order valence-electron chi connectivity index (χ1n) is 5.79. The molecule has 0 radical (unpaired) electrons. The molecule has 0 aliphatic carbocycles. The van der Waals surface area contributed by atoms with E-state index >= 15 is 0 Å². The van der Waals surface area contributed by atoms with Crippen LogP contribution in [-0.2, 0) is 22.4 Å². The van der Waals surface area contributed by atoms with Gasteiger partial charge in [0.1, 0.15) is 0 Å². The molecule has 4 heteroatoms. The molecule has 90 valence electrons. The van der Waals surface area contributed by atoms with Crippen molar-refractivity contribution < 1.29 is 14.7 Å². The molecule has 1 heterocycles. The van der Waals surface area contributed by atoms with Gasteiger partial charge < -0.3 is 10.4 Å². The summed E-state index contributed by atoms with van der Waals surface area (Å²) < 4.78 is 0. The van der Waals surface area contributed by atoms with E-state index in [1.165, 1.54) is 0 Å². The predicted octanol–water partition coefficient (Wildman–Crippen LogP) is 1.98. The standard InChI is InChI=1S/C13H15NO3/c15-12-8-7-10-9(4-2-6-13(16)17)3-1-5-11(10)14-12/h1,3,5H,2,4,6-8H2,(H,14,15)(H,16,17). The molecule has 0 spiro atoms. The van der Waals surface area contributed by atoms with Gasteiger partial charge in [0.2, 0.25) is 5.91 Å². The van der Waals surface area contributed by atoms with Crippen molar-refractivity contribution in [3.8, 4) is 0 Å². The summed E-state index contributed by atoms with van der Waals surface area (Å²) in [6.07, 6.45) is 2.86. The van der Waals surface area contributed by atoms with Crippen LogP contribution in [0.2, 0.25) is 0 Å². The molecule has 4 nitrogen and oxygen atoms in total. The highest BCUT2D eigenvalue weighted by Crippen LogP contribution is 2.26. The number of amides is 1. The number of carbonyl (C=O) groups is 2. The van der Waals surface area contributed by atoms with E-state index in [0.29, 0.717) is 12.8 Å². The number of carboxylic acids is 1. The zero-order valence-electron chi connectivity index (χ0n) is 9.53. The Bertz CT molecular complexity index is 454. The van der Waals surface area contributed by atoms with Crippen molar-refractivity contribution in [2.24, 2.45) is 0 Å². The number of benzene rings is 1. The van der Waals surface area contributed by atoms with E-state index in [0.717, 1.165) is 29.7 Å². The third-order valence-electron chi connectivity index (χ3n) is 2.99. The highest BCUT2D eigenvalue weighted by atomic mass is 16.4. The summed E-state index contributed by atoms with van der Waals surface area (Å²) in [5.74, 6) is -0.705. The van der Waals surface area contributed by atoms with Crippen molar-refractivity contribution in [2.75, 3.05) is 5.32 Å². The molecule has 0 saturated carbocycles. The number of hydrogen-bond acceptors (Lipinski definition) is 2. The first-order valence-corrected chi connectivity index (χ1v) is 5.79. The Morgan fingerprint density at radius 2 is 2.18 bits per heavy atom. The van der Waals surface area contributed by atoms with Gasteiger partial charge >= 0.3 is 5.97 Å². The second kappa shape index (κ2) is 4.99. The molecule has 1 aromatic carbocycles. The molecular weight excluding hydrogens is 218 g/mol. The minimum Gasteiger partial charge on any atom is -0.481 e. The smallest absolute Gasteiger partial charge is 0.303 e. The summed E-state index contributed by atoms with van der Waals surface area (Å²) >= 11 is 0. The Morgan fingerprint density at radius 3 is 2.94 bits per heavy atom. The molecule has 1 aliphatic rings. The van der Waals surface area contributed by atoms with Gasteiger partial charge in [0.05, 0.1) is 0 Å². The van der Waals surface area contributed by atoms with Crippen molar-refractivity contribution in [3.05, 3.63) is 29.3 Å². The highest BCUT2D eigenvalue weighted by molar-refractivity contribution is 5.94. The third kappa shape index (κ3) is 2.84. The van der Waals surface area contributed by atoms with Crippen molar-refractivity contribution in [2.45, 2.75) is 32.1 Å². The number of hydrogen-bond donors (Lipinski definition) is 2. The monoisotopic (exact) mass is 233 g/mol. The lowest BCUT2D eigenvalue weighted by atomic mass is 9.94. The van der Waals surface area contributed by atoms with Crippen LogP contribution in [0.15, 0.2) is 18.2 Å². The molecule has 0 saturated heterocycles. The van der Waals surface area contributed by atoms with E-state index in [-0.39, 0.29) is 12.3 Å². The summed E-state index contributed by atoms with van der Waals surface area (Å²) in [7, 11) is 0. The molecule has 1 aromatic rings. The highest BCUT2D eigenvalue weighted by Gasteiger charge is 2.17. The van der Waals surface area contributed by atoms with Gasteiger partial charge in [0.25, 0.3) is 0 Å². The molecule has 0 atom stereocenters. The number of carbonyl (C=O) groups excluding carboxylic acids is 1. The normalized spacial score (nSPS) is 14.0. The number of fused-ring (bicyclic) bond motifs is 1. The SMILES string of the molecule is O=C(O)CCCc1cccc2c1CCC(=O)N2. The van der Waals surface area contributed by atoms with Gasteiger partial charge in [-0.05, 0) is 36.5 Å². The number of aliphatic carboxylic acids is 1. The molecule has 1 aliphatic heterocycles. The van der Waals surface area contributed by atoms with Crippen LogP contribution in [0.1, 0.15) is 30.4 Å². The Balaban J connectivity index is 2.10. The average Bonchev–Trinajstić information content (AvgIpc) is 2.28. The van der Waals surface area contributed by atoms with Gasteiger partial charge in [-0.15, -0.1) is 0 Å². The molecule has 2 N–H and O–H groups in total. The van der Waals surface area contributed by atoms with Crippen LogP contribution in [0.3, 0.4) is 0 Å². The van der Waals surface area contributed by atoms with Crippen molar-refractivity contribution in [1.82, 2.24) is 0 Å². The fourth-order valence-corrected chi connectivity index (χ4v) is 2.16. The van der Waals surface area contributed by atoms with E-state index in [4.69, 9.17) is 5.11 Å². The van der Waals surface area contributed by atoms with Crippen LogP contribution >= 0.6 is 0 Å². The van der Waals surface area contributed by atoms with Crippen molar-refractivity contribution >= 4 is 17.6 Å². The topological polar surface area (TPSA) is 66.4 Å². The second-order valence-electron chi connectivity index (χ2n) is 4.24. The van der Waals surface area contributed by atoms with Gasteiger partial charge in [-0.2, -0.15) is 0 Å².